The number of hydrogen-bond donors (Lipinski definition) is 2. The lowest BCUT2D eigenvalue weighted by molar-refractivity contribution is -0.123. The van der Waals surface area contributed by atoms with Crippen molar-refractivity contribution in [3.05, 3.63) is 58.3 Å². The largest absolute Gasteiger partial charge is 0.484 e. The fourth-order valence-electron chi connectivity index (χ4n) is 2.48. The van der Waals surface area contributed by atoms with E-state index in [2.05, 4.69) is 20.8 Å². The van der Waals surface area contributed by atoms with Crippen LogP contribution in [0.25, 0.3) is 0 Å². The summed E-state index contributed by atoms with van der Waals surface area (Å²) in [6.45, 7) is 0.00955. The smallest absolute Gasteiger partial charge is 0.286 e. The summed E-state index contributed by atoms with van der Waals surface area (Å²) in [6.07, 6.45) is 0. The van der Waals surface area contributed by atoms with Crippen molar-refractivity contribution >= 4 is 28.8 Å². The average molecular weight is 430 g/mol. The minimum atomic E-state index is -0.427. The number of ether oxygens (including phenoxy) is 3. The molecule has 2 N–H and O–H groups in total. The van der Waals surface area contributed by atoms with Crippen LogP contribution in [-0.4, -0.2) is 35.4 Å². The van der Waals surface area contributed by atoms with Crippen LogP contribution in [0.3, 0.4) is 0 Å². The van der Waals surface area contributed by atoms with Gasteiger partial charge in [0.15, 0.2) is 18.1 Å². The average Bonchev–Trinajstić information content (AvgIpc) is 3.41. The van der Waals surface area contributed by atoms with Crippen molar-refractivity contribution in [1.29, 1.82) is 0 Å². The van der Waals surface area contributed by atoms with Gasteiger partial charge in [-0.1, -0.05) is 11.3 Å². The number of carbonyl (C=O) groups excluding carboxylic acids is 2. The number of carbonyl (C=O) groups is 2. The van der Waals surface area contributed by atoms with Crippen molar-refractivity contribution in [3.63, 3.8) is 0 Å². The zero-order chi connectivity index (χ0) is 20.9. The van der Waals surface area contributed by atoms with E-state index in [1.807, 2.05) is 0 Å². The number of fused-ring (bicyclic) bond motifs is 1. The van der Waals surface area contributed by atoms with E-state index >= 15 is 0 Å². The number of hydrogen-bond acceptors (Lipinski definition) is 8. The van der Waals surface area contributed by atoms with E-state index in [-0.39, 0.29) is 36.7 Å². The maximum atomic E-state index is 12.8. The van der Waals surface area contributed by atoms with Gasteiger partial charge in [0.05, 0.1) is 6.54 Å². The highest BCUT2D eigenvalue weighted by atomic mass is 32.1. The third-order valence-corrected chi connectivity index (χ3v) is 4.83. The number of nitrogens with zero attached hydrogens (tertiary/aromatic N) is 2. The van der Waals surface area contributed by atoms with E-state index in [4.69, 9.17) is 14.2 Å². The predicted octanol–water partition coefficient (Wildman–Crippen LogP) is 2.35. The van der Waals surface area contributed by atoms with Crippen LogP contribution in [0, 0.1) is 5.82 Å². The van der Waals surface area contributed by atoms with E-state index in [1.165, 1.54) is 24.3 Å². The second-order valence-electron chi connectivity index (χ2n) is 6.04. The maximum absolute atomic E-state index is 12.8. The molecule has 0 atom stereocenters. The number of anilines is 1. The molecule has 0 aliphatic carbocycles. The molecule has 0 unspecified atom stereocenters. The molecular weight excluding hydrogens is 415 g/mol. The molecule has 2 amide bonds. The zero-order valence-corrected chi connectivity index (χ0v) is 16.2. The first kappa shape index (κ1) is 19.6. The SMILES string of the molecule is O=C(COc1ccc(F)cc1)NCc1nnc(C(=O)Nc2ccc3c(c2)OCO3)s1. The molecule has 4 rings (SSSR count). The number of halogens is 1. The standard InChI is InChI=1S/C19H15FN4O5S/c20-11-1-4-13(5-2-11)27-9-16(25)21-8-17-23-24-19(30-17)18(26)22-12-3-6-14-15(7-12)29-10-28-14/h1-7H,8-10H2,(H,21,25)(H,22,26). The van der Waals surface area contributed by atoms with Gasteiger partial charge in [0, 0.05) is 11.8 Å². The Morgan fingerprint density at radius 1 is 1.10 bits per heavy atom. The molecule has 2 aromatic carbocycles. The fraction of sp³-hybridized carbons (Fsp3) is 0.158. The summed E-state index contributed by atoms with van der Waals surface area (Å²) in [6, 6.07) is 10.4. The molecule has 30 heavy (non-hydrogen) atoms. The predicted molar refractivity (Wildman–Crippen MR) is 104 cm³/mol. The van der Waals surface area contributed by atoms with Crippen molar-refractivity contribution in [1.82, 2.24) is 15.5 Å². The third-order valence-electron chi connectivity index (χ3n) is 3.91. The van der Waals surface area contributed by atoms with Crippen LogP contribution in [0.5, 0.6) is 17.2 Å². The van der Waals surface area contributed by atoms with Gasteiger partial charge in [-0.25, -0.2) is 4.39 Å². The van der Waals surface area contributed by atoms with E-state index in [1.54, 1.807) is 18.2 Å². The van der Waals surface area contributed by atoms with E-state index in [9.17, 15) is 14.0 Å². The van der Waals surface area contributed by atoms with Gasteiger partial charge in [0.2, 0.25) is 11.8 Å². The summed E-state index contributed by atoms with van der Waals surface area (Å²) in [5.41, 5.74) is 0.534. The van der Waals surface area contributed by atoms with Crippen molar-refractivity contribution in [2.24, 2.45) is 0 Å². The molecule has 0 saturated carbocycles. The van der Waals surface area contributed by atoms with Crippen LogP contribution in [0.4, 0.5) is 10.1 Å². The molecule has 0 spiro atoms. The van der Waals surface area contributed by atoms with Gasteiger partial charge in [0.25, 0.3) is 11.8 Å². The molecule has 2 heterocycles. The number of amides is 2. The minimum absolute atomic E-state index is 0.0978. The highest BCUT2D eigenvalue weighted by Gasteiger charge is 2.17. The van der Waals surface area contributed by atoms with Crippen LogP contribution in [-0.2, 0) is 11.3 Å². The Labute approximate surface area is 173 Å². The van der Waals surface area contributed by atoms with Crippen LogP contribution < -0.4 is 24.8 Å². The van der Waals surface area contributed by atoms with Crippen LogP contribution in [0.15, 0.2) is 42.5 Å². The van der Waals surface area contributed by atoms with Crippen molar-refractivity contribution in [3.8, 4) is 17.2 Å². The molecule has 154 valence electrons. The van der Waals surface area contributed by atoms with Gasteiger partial charge in [0.1, 0.15) is 16.6 Å². The van der Waals surface area contributed by atoms with E-state index < -0.39 is 5.91 Å². The number of benzene rings is 2. The minimum Gasteiger partial charge on any atom is -0.484 e. The Bertz CT molecular complexity index is 1070. The van der Waals surface area contributed by atoms with Gasteiger partial charge in [-0.15, -0.1) is 10.2 Å². The highest BCUT2D eigenvalue weighted by Crippen LogP contribution is 2.34. The summed E-state index contributed by atoms with van der Waals surface area (Å²) < 4.78 is 28.6. The number of aromatic nitrogens is 2. The molecule has 1 aliphatic rings. The lowest BCUT2D eigenvalue weighted by Gasteiger charge is -2.06. The van der Waals surface area contributed by atoms with Crippen LogP contribution >= 0.6 is 11.3 Å². The Kier molecular flexibility index (Phi) is 5.70. The summed E-state index contributed by atoms with van der Waals surface area (Å²) >= 11 is 1.06. The molecule has 1 aromatic heterocycles. The maximum Gasteiger partial charge on any atom is 0.286 e. The van der Waals surface area contributed by atoms with Gasteiger partial charge < -0.3 is 24.8 Å². The van der Waals surface area contributed by atoms with Crippen molar-refractivity contribution in [2.45, 2.75) is 6.54 Å². The molecule has 9 nitrogen and oxygen atoms in total. The van der Waals surface area contributed by atoms with E-state index in [0.29, 0.717) is 27.9 Å². The fourth-order valence-corrected chi connectivity index (χ4v) is 3.16. The van der Waals surface area contributed by atoms with Gasteiger partial charge in [-0.3, -0.25) is 9.59 Å². The van der Waals surface area contributed by atoms with E-state index in [0.717, 1.165) is 11.3 Å². The number of rotatable bonds is 7. The second-order valence-corrected chi connectivity index (χ2v) is 7.10. The third kappa shape index (κ3) is 4.81. The number of nitrogens with one attached hydrogen (secondary N) is 2. The summed E-state index contributed by atoms with van der Waals surface area (Å²) in [7, 11) is 0. The first-order valence-electron chi connectivity index (χ1n) is 8.75. The monoisotopic (exact) mass is 430 g/mol. The summed E-state index contributed by atoms with van der Waals surface area (Å²) in [4.78, 5) is 24.2. The first-order chi connectivity index (χ1) is 14.6. The topological polar surface area (TPSA) is 112 Å². The molecule has 11 heteroatoms. The molecule has 0 bridgehead atoms. The molecule has 0 saturated heterocycles. The molecule has 1 aliphatic heterocycles. The second kappa shape index (κ2) is 8.74. The van der Waals surface area contributed by atoms with Crippen LogP contribution in [0.2, 0.25) is 0 Å². The molecule has 3 aromatic rings. The first-order valence-corrected chi connectivity index (χ1v) is 9.57. The molecule has 0 fully saturated rings. The summed E-state index contributed by atoms with van der Waals surface area (Å²) in [5.74, 6) is 0.345. The normalized spacial score (nSPS) is 11.8. The quantitative estimate of drug-likeness (QED) is 0.592. The Morgan fingerprint density at radius 3 is 2.73 bits per heavy atom. The van der Waals surface area contributed by atoms with Gasteiger partial charge in [-0.05, 0) is 36.4 Å². The van der Waals surface area contributed by atoms with Crippen molar-refractivity contribution < 1.29 is 28.2 Å². The Balaban J connectivity index is 1.25. The highest BCUT2D eigenvalue weighted by molar-refractivity contribution is 7.13. The molecule has 0 radical (unpaired) electrons. The van der Waals surface area contributed by atoms with Crippen molar-refractivity contribution in [2.75, 3.05) is 18.7 Å². The summed E-state index contributed by atoms with van der Waals surface area (Å²) in [5, 5.41) is 13.7. The Morgan fingerprint density at radius 2 is 1.90 bits per heavy atom. The zero-order valence-electron chi connectivity index (χ0n) is 15.4. The van der Waals surface area contributed by atoms with Crippen LogP contribution in [0.1, 0.15) is 14.8 Å². The Hall–Kier alpha value is -3.73. The lowest BCUT2D eigenvalue weighted by atomic mass is 10.3. The lowest BCUT2D eigenvalue weighted by Crippen LogP contribution is -2.28. The van der Waals surface area contributed by atoms with Gasteiger partial charge in [-0.2, -0.15) is 0 Å². The molecular formula is C19H15FN4O5S. The van der Waals surface area contributed by atoms with Gasteiger partial charge >= 0.3 is 0 Å².